The summed E-state index contributed by atoms with van der Waals surface area (Å²) in [5, 5.41) is 10.3. The summed E-state index contributed by atoms with van der Waals surface area (Å²) in [5.41, 5.74) is 0.577. The van der Waals surface area contributed by atoms with Crippen molar-refractivity contribution < 1.29 is 18.3 Å². The molecule has 0 radical (unpaired) electrons. The van der Waals surface area contributed by atoms with Crippen LogP contribution in [-0.4, -0.2) is 26.0 Å². The average molecular weight is 339 g/mol. The summed E-state index contributed by atoms with van der Waals surface area (Å²) in [6.07, 6.45) is 1.59. The smallest absolute Gasteiger partial charge is 0.336 e. The molecule has 0 bridgehead atoms. The van der Waals surface area contributed by atoms with Crippen LogP contribution in [0.25, 0.3) is 0 Å². The summed E-state index contributed by atoms with van der Waals surface area (Å²) in [5.74, 6) is -1.13. The lowest BCUT2D eigenvalue weighted by Crippen LogP contribution is -2.31. The molecule has 118 valence electrons. The highest BCUT2D eigenvalue weighted by atomic mass is 32.2. The van der Waals surface area contributed by atoms with Crippen LogP contribution in [0.4, 0.5) is 5.69 Å². The van der Waals surface area contributed by atoms with E-state index < -0.39 is 16.0 Å². The summed E-state index contributed by atoms with van der Waals surface area (Å²) < 4.78 is 27.0. The third-order valence-corrected chi connectivity index (χ3v) is 6.37. The molecule has 1 aromatic heterocycles. The van der Waals surface area contributed by atoms with Crippen LogP contribution >= 0.6 is 11.3 Å². The van der Waals surface area contributed by atoms with Crippen LogP contribution in [-0.2, 0) is 10.0 Å². The third-order valence-electron chi connectivity index (χ3n) is 3.13. The molecule has 1 heterocycles. The molecular formula is C15H17NO4S2. The van der Waals surface area contributed by atoms with Crippen molar-refractivity contribution in [2.75, 3.05) is 10.8 Å². The van der Waals surface area contributed by atoms with E-state index in [-0.39, 0.29) is 9.77 Å². The summed E-state index contributed by atoms with van der Waals surface area (Å²) in [6.45, 7) is 2.35. The number of anilines is 1. The topological polar surface area (TPSA) is 74.7 Å². The first-order valence-corrected chi connectivity index (χ1v) is 9.18. The number of unbranched alkanes of at least 4 members (excludes halogenated alkanes) is 1. The van der Waals surface area contributed by atoms with Crippen LogP contribution in [0.5, 0.6) is 0 Å². The maximum atomic E-state index is 12.8. The van der Waals surface area contributed by atoms with Crippen molar-refractivity contribution >= 4 is 33.0 Å². The number of hydrogen-bond acceptors (Lipinski definition) is 4. The minimum absolute atomic E-state index is 0.00733. The minimum atomic E-state index is -3.75. The first-order chi connectivity index (χ1) is 10.5. The molecule has 22 heavy (non-hydrogen) atoms. The number of thiophene rings is 1. The molecule has 1 N–H and O–H groups in total. The predicted octanol–water partition coefficient (Wildman–Crippen LogP) is 3.44. The monoisotopic (exact) mass is 339 g/mol. The highest BCUT2D eigenvalue weighted by Crippen LogP contribution is 2.28. The summed E-state index contributed by atoms with van der Waals surface area (Å²) in [7, 11) is -3.75. The molecule has 0 unspecified atom stereocenters. The fraction of sp³-hybridized carbons (Fsp3) is 0.267. The number of sulfonamides is 1. The first-order valence-electron chi connectivity index (χ1n) is 6.86. The van der Waals surface area contributed by atoms with Crippen LogP contribution in [0, 0.1) is 0 Å². The highest BCUT2D eigenvalue weighted by Gasteiger charge is 2.27. The Morgan fingerprint density at radius 2 is 1.95 bits per heavy atom. The number of para-hydroxylation sites is 1. The normalized spacial score (nSPS) is 11.3. The van der Waals surface area contributed by atoms with Gasteiger partial charge in [0.1, 0.15) is 4.21 Å². The zero-order chi connectivity index (χ0) is 16.2. The van der Waals surface area contributed by atoms with Crippen molar-refractivity contribution in [1.29, 1.82) is 0 Å². The number of hydrogen-bond donors (Lipinski definition) is 1. The van der Waals surface area contributed by atoms with Gasteiger partial charge >= 0.3 is 5.97 Å². The number of nitrogens with zero attached hydrogens (tertiary/aromatic N) is 1. The number of carbonyl (C=O) groups is 1. The molecule has 5 nitrogen and oxygen atoms in total. The molecule has 2 aromatic rings. The van der Waals surface area contributed by atoms with Crippen LogP contribution < -0.4 is 4.31 Å². The number of carboxylic acids is 1. The number of rotatable bonds is 7. The van der Waals surface area contributed by atoms with Crippen LogP contribution in [0.3, 0.4) is 0 Å². The largest absolute Gasteiger partial charge is 0.478 e. The molecule has 0 aliphatic heterocycles. The van der Waals surface area contributed by atoms with Gasteiger partial charge in [-0.05, 0) is 24.6 Å². The molecule has 0 saturated carbocycles. The highest BCUT2D eigenvalue weighted by molar-refractivity contribution is 7.94. The van der Waals surface area contributed by atoms with Gasteiger partial charge in [0.25, 0.3) is 10.0 Å². The standard InChI is InChI=1S/C15H17NO4S2/c1-2-3-9-16(13-7-5-4-6-8-13)22(19,20)14-10-12(11-21-14)15(17)18/h4-8,10-11H,2-3,9H2,1H3,(H,17,18). The second kappa shape index (κ2) is 6.93. The van der Waals surface area contributed by atoms with Gasteiger partial charge in [0, 0.05) is 11.9 Å². The SMILES string of the molecule is CCCCN(c1ccccc1)S(=O)(=O)c1cc(C(=O)O)cs1. The molecule has 0 aliphatic carbocycles. The quantitative estimate of drug-likeness (QED) is 0.838. The van der Waals surface area contributed by atoms with E-state index >= 15 is 0 Å². The molecule has 1 aromatic carbocycles. The van der Waals surface area contributed by atoms with Crippen LogP contribution in [0.1, 0.15) is 30.1 Å². The molecule has 2 rings (SSSR count). The Kier molecular flexibility index (Phi) is 5.20. The lowest BCUT2D eigenvalue weighted by atomic mass is 10.3. The van der Waals surface area contributed by atoms with Crippen LogP contribution in [0.15, 0.2) is 46.0 Å². The Morgan fingerprint density at radius 3 is 2.50 bits per heavy atom. The van der Waals surface area contributed by atoms with Gasteiger partial charge in [-0.1, -0.05) is 31.5 Å². The molecule has 0 saturated heterocycles. The van der Waals surface area contributed by atoms with Crippen LogP contribution in [0.2, 0.25) is 0 Å². The van der Waals surface area contributed by atoms with Gasteiger partial charge in [-0.25, -0.2) is 13.2 Å². The maximum Gasteiger partial charge on any atom is 0.336 e. The lowest BCUT2D eigenvalue weighted by Gasteiger charge is -2.23. The van der Waals surface area contributed by atoms with Gasteiger partial charge in [-0.15, -0.1) is 11.3 Å². The molecule has 0 amide bonds. The molecule has 0 spiro atoms. The zero-order valence-corrected chi connectivity index (χ0v) is 13.7. The van der Waals surface area contributed by atoms with Crippen molar-refractivity contribution in [2.24, 2.45) is 0 Å². The van der Waals surface area contributed by atoms with Gasteiger partial charge in [0.15, 0.2) is 0 Å². The van der Waals surface area contributed by atoms with E-state index in [1.807, 2.05) is 13.0 Å². The summed E-state index contributed by atoms with van der Waals surface area (Å²) >= 11 is 0.931. The second-order valence-electron chi connectivity index (χ2n) is 4.73. The van der Waals surface area contributed by atoms with E-state index in [2.05, 4.69) is 0 Å². The zero-order valence-electron chi connectivity index (χ0n) is 12.1. The van der Waals surface area contributed by atoms with Crippen molar-refractivity contribution in [2.45, 2.75) is 24.0 Å². The Bertz CT molecular complexity index is 738. The van der Waals surface area contributed by atoms with E-state index in [1.165, 1.54) is 15.8 Å². The molecule has 7 heteroatoms. The number of benzene rings is 1. The third kappa shape index (κ3) is 3.48. The Hall–Kier alpha value is -1.86. The molecular weight excluding hydrogens is 322 g/mol. The Labute approximate surface area is 133 Å². The van der Waals surface area contributed by atoms with Gasteiger partial charge in [-0.2, -0.15) is 0 Å². The van der Waals surface area contributed by atoms with Crippen molar-refractivity contribution in [3.8, 4) is 0 Å². The maximum absolute atomic E-state index is 12.8. The fourth-order valence-corrected chi connectivity index (χ4v) is 4.73. The summed E-state index contributed by atoms with van der Waals surface area (Å²) in [6, 6.07) is 10.1. The molecule has 0 aliphatic rings. The van der Waals surface area contributed by atoms with E-state index in [0.29, 0.717) is 12.2 Å². The van der Waals surface area contributed by atoms with Gasteiger partial charge in [-0.3, -0.25) is 4.31 Å². The van der Waals surface area contributed by atoms with Crippen molar-refractivity contribution in [3.63, 3.8) is 0 Å². The predicted molar refractivity (Wildman–Crippen MR) is 87.2 cm³/mol. The van der Waals surface area contributed by atoms with Crippen molar-refractivity contribution in [1.82, 2.24) is 0 Å². The van der Waals surface area contributed by atoms with E-state index in [0.717, 1.165) is 24.2 Å². The van der Waals surface area contributed by atoms with Gasteiger partial charge in [0.2, 0.25) is 0 Å². The minimum Gasteiger partial charge on any atom is -0.478 e. The van der Waals surface area contributed by atoms with Gasteiger partial charge in [0.05, 0.1) is 11.3 Å². The Morgan fingerprint density at radius 1 is 1.27 bits per heavy atom. The van der Waals surface area contributed by atoms with E-state index in [4.69, 9.17) is 5.11 Å². The Balaban J connectivity index is 2.42. The van der Waals surface area contributed by atoms with E-state index in [9.17, 15) is 13.2 Å². The number of carboxylic acid groups (broad SMARTS) is 1. The summed E-state index contributed by atoms with van der Waals surface area (Å²) in [4.78, 5) is 11.0. The number of aromatic carboxylic acids is 1. The second-order valence-corrected chi connectivity index (χ2v) is 7.73. The first kappa shape index (κ1) is 16.5. The lowest BCUT2D eigenvalue weighted by molar-refractivity contribution is 0.0697. The van der Waals surface area contributed by atoms with Crippen molar-refractivity contribution in [3.05, 3.63) is 47.3 Å². The average Bonchev–Trinajstić information content (AvgIpc) is 2.99. The molecule has 0 atom stereocenters. The molecule has 0 fully saturated rings. The van der Waals surface area contributed by atoms with Gasteiger partial charge < -0.3 is 5.11 Å². The fourth-order valence-electron chi connectivity index (χ4n) is 1.96. The van der Waals surface area contributed by atoms with E-state index in [1.54, 1.807) is 24.3 Å².